The second-order valence-electron chi connectivity index (χ2n) is 4.98. The first-order valence-corrected chi connectivity index (χ1v) is 7.83. The second kappa shape index (κ2) is 6.71. The molecule has 23 heavy (non-hydrogen) atoms. The molecule has 4 nitrogen and oxygen atoms in total. The standard InChI is InChI=1S/C18H13BrN2O2/c19-15-10-13(18(23)16-8-4-5-9-20-16)11-21(17(15)12-22)14-6-2-1-3-7-14/h1-12,17H. The van der Waals surface area contributed by atoms with Gasteiger partial charge >= 0.3 is 0 Å². The quantitative estimate of drug-likeness (QED) is 0.611. The summed E-state index contributed by atoms with van der Waals surface area (Å²) in [6.07, 6.45) is 5.79. The fraction of sp³-hybridized carbons (Fsp3) is 0.0556. The van der Waals surface area contributed by atoms with Crippen molar-refractivity contribution in [2.24, 2.45) is 0 Å². The molecule has 0 saturated heterocycles. The molecule has 1 aliphatic heterocycles. The van der Waals surface area contributed by atoms with E-state index >= 15 is 0 Å². The van der Waals surface area contributed by atoms with Crippen molar-refractivity contribution >= 4 is 33.7 Å². The summed E-state index contributed by atoms with van der Waals surface area (Å²) in [6.45, 7) is 0. The van der Waals surface area contributed by atoms with Gasteiger partial charge in [-0.05, 0) is 30.3 Å². The number of pyridine rings is 1. The van der Waals surface area contributed by atoms with Gasteiger partial charge in [0, 0.05) is 28.1 Å². The first-order chi connectivity index (χ1) is 11.2. The smallest absolute Gasteiger partial charge is 0.212 e. The lowest BCUT2D eigenvalue weighted by Gasteiger charge is -2.30. The molecule has 0 saturated carbocycles. The maximum absolute atomic E-state index is 12.6. The Hall–Kier alpha value is -2.53. The molecule has 0 amide bonds. The lowest BCUT2D eigenvalue weighted by atomic mass is 10.0. The van der Waals surface area contributed by atoms with Crippen LogP contribution in [0.15, 0.2) is 77.1 Å². The molecule has 1 aliphatic rings. The number of hydrogen-bond acceptors (Lipinski definition) is 4. The minimum Gasteiger partial charge on any atom is -0.332 e. The highest BCUT2D eigenvalue weighted by atomic mass is 79.9. The summed E-state index contributed by atoms with van der Waals surface area (Å²) in [5, 5.41) is 0. The van der Waals surface area contributed by atoms with Crippen molar-refractivity contribution in [3.05, 3.63) is 82.8 Å². The highest BCUT2D eigenvalue weighted by molar-refractivity contribution is 9.11. The third-order valence-corrected chi connectivity index (χ3v) is 4.19. The minimum absolute atomic E-state index is 0.187. The number of para-hydroxylation sites is 1. The van der Waals surface area contributed by atoms with Gasteiger partial charge in [0.15, 0.2) is 0 Å². The molecule has 114 valence electrons. The van der Waals surface area contributed by atoms with Crippen LogP contribution in [0.4, 0.5) is 5.69 Å². The summed E-state index contributed by atoms with van der Waals surface area (Å²) in [5.41, 5.74) is 1.67. The Balaban J connectivity index is 2.02. The molecule has 2 heterocycles. The van der Waals surface area contributed by atoms with Gasteiger partial charge in [0.05, 0.1) is 0 Å². The van der Waals surface area contributed by atoms with Gasteiger partial charge in [-0.3, -0.25) is 9.78 Å². The van der Waals surface area contributed by atoms with E-state index in [0.29, 0.717) is 15.7 Å². The van der Waals surface area contributed by atoms with Gasteiger partial charge in [-0.2, -0.15) is 0 Å². The molecule has 1 atom stereocenters. The van der Waals surface area contributed by atoms with E-state index in [1.54, 1.807) is 41.6 Å². The van der Waals surface area contributed by atoms with Gasteiger partial charge in [-0.15, -0.1) is 0 Å². The molecule has 0 N–H and O–H groups in total. The van der Waals surface area contributed by atoms with Gasteiger partial charge < -0.3 is 9.69 Å². The first kappa shape index (κ1) is 15.4. The van der Waals surface area contributed by atoms with Crippen LogP contribution in [-0.4, -0.2) is 23.1 Å². The molecule has 0 bridgehead atoms. The fourth-order valence-corrected chi connectivity index (χ4v) is 2.94. The molecule has 0 aliphatic carbocycles. The predicted molar refractivity (Wildman–Crippen MR) is 92.4 cm³/mol. The Morgan fingerprint density at radius 3 is 2.52 bits per heavy atom. The van der Waals surface area contributed by atoms with Gasteiger partial charge in [-0.1, -0.05) is 40.2 Å². The number of aromatic nitrogens is 1. The molecule has 5 heteroatoms. The zero-order chi connectivity index (χ0) is 16.2. The van der Waals surface area contributed by atoms with Gasteiger partial charge in [0.1, 0.15) is 18.0 Å². The normalized spacial score (nSPS) is 17.3. The fourth-order valence-electron chi connectivity index (χ4n) is 2.37. The number of Topliss-reactive ketones (excluding diaryl/α,β-unsaturated/α-hetero) is 1. The average Bonchev–Trinajstić information content (AvgIpc) is 2.62. The molecular weight excluding hydrogens is 356 g/mol. The molecule has 0 fully saturated rings. The molecule has 2 aromatic rings. The number of carbonyl (C=O) groups excluding carboxylic acids is 2. The van der Waals surface area contributed by atoms with Crippen LogP contribution in [-0.2, 0) is 4.79 Å². The SMILES string of the molecule is O=CC1C(Br)=CC(C(=O)c2ccccn2)=CN1c1ccccc1. The van der Waals surface area contributed by atoms with Crippen LogP contribution < -0.4 is 4.90 Å². The zero-order valence-corrected chi connectivity index (χ0v) is 13.7. The number of anilines is 1. The van der Waals surface area contributed by atoms with Crippen molar-refractivity contribution in [1.29, 1.82) is 0 Å². The van der Waals surface area contributed by atoms with Crippen LogP contribution in [0, 0.1) is 0 Å². The van der Waals surface area contributed by atoms with Gasteiger partial charge in [-0.25, -0.2) is 0 Å². The largest absolute Gasteiger partial charge is 0.332 e. The topological polar surface area (TPSA) is 50.3 Å². The van der Waals surface area contributed by atoms with E-state index in [-0.39, 0.29) is 5.78 Å². The van der Waals surface area contributed by atoms with E-state index < -0.39 is 6.04 Å². The molecule has 1 aromatic carbocycles. The number of halogens is 1. The number of carbonyl (C=O) groups is 2. The molecule has 0 spiro atoms. The van der Waals surface area contributed by atoms with E-state index in [1.807, 2.05) is 30.3 Å². The highest BCUT2D eigenvalue weighted by Gasteiger charge is 2.26. The average molecular weight is 369 g/mol. The molecule has 1 unspecified atom stereocenters. The van der Waals surface area contributed by atoms with Crippen LogP contribution in [0.5, 0.6) is 0 Å². The van der Waals surface area contributed by atoms with Crippen LogP contribution in [0.25, 0.3) is 0 Å². The maximum Gasteiger partial charge on any atom is 0.212 e. The van der Waals surface area contributed by atoms with Gasteiger partial charge in [0.25, 0.3) is 0 Å². The van der Waals surface area contributed by atoms with Crippen LogP contribution >= 0.6 is 15.9 Å². The summed E-state index contributed by atoms with van der Waals surface area (Å²) >= 11 is 3.41. The number of nitrogens with zero attached hydrogens (tertiary/aromatic N) is 2. The molecular formula is C18H13BrN2O2. The Kier molecular flexibility index (Phi) is 4.48. The third-order valence-electron chi connectivity index (χ3n) is 3.50. The monoisotopic (exact) mass is 368 g/mol. The summed E-state index contributed by atoms with van der Waals surface area (Å²) in [5.74, 6) is -0.187. The number of hydrogen-bond donors (Lipinski definition) is 0. The summed E-state index contributed by atoms with van der Waals surface area (Å²) in [6, 6.07) is 14.2. The van der Waals surface area contributed by atoms with Crippen LogP contribution in [0.1, 0.15) is 10.5 Å². The van der Waals surface area contributed by atoms with Gasteiger partial charge in [0.2, 0.25) is 5.78 Å². The molecule has 1 aromatic heterocycles. The first-order valence-electron chi connectivity index (χ1n) is 7.04. The Labute approximate surface area is 142 Å². The van der Waals surface area contributed by atoms with Crippen LogP contribution in [0.3, 0.4) is 0 Å². The molecule has 0 radical (unpaired) electrons. The zero-order valence-electron chi connectivity index (χ0n) is 12.1. The maximum atomic E-state index is 12.6. The van der Waals surface area contributed by atoms with E-state index in [2.05, 4.69) is 20.9 Å². The highest BCUT2D eigenvalue weighted by Crippen LogP contribution is 2.30. The van der Waals surface area contributed by atoms with Crippen molar-refractivity contribution in [1.82, 2.24) is 4.98 Å². The van der Waals surface area contributed by atoms with E-state index in [9.17, 15) is 9.59 Å². The second-order valence-corrected chi connectivity index (χ2v) is 5.90. The van der Waals surface area contributed by atoms with Crippen molar-refractivity contribution < 1.29 is 9.59 Å². The van der Waals surface area contributed by atoms with Crippen molar-refractivity contribution in [3.8, 4) is 0 Å². The summed E-state index contributed by atoms with van der Waals surface area (Å²) in [7, 11) is 0. The minimum atomic E-state index is -0.488. The summed E-state index contributed by atoms with van der Waals surface area (Å²) in [4.78, 5) is 29.9. The predicted octanol–water partition coefficient (Wildman–Crippen LogP) is 3.51. The summed E-state index contributed by atoms with van der Waals surface area (Å²) < 4.78 is 0.637. The lowest BCUT2D eigenvalue weighted by Crippen LogP contribution is -2.35. The number of benzene rings is 1. The van der Waals surface area contributed by atoms with Crippen LogP contribution in [0.2, 0.25) is 0 Å². The van der Waals surface area contributed by atoms with Crippen molar-refractivity contribution in [3.63, 3.8) is 0 Å². The Bertz CT molecular complexity index is 785. The number of aldehydes is 1. The third kappa shape index (κ3) is 3.14. The van der Waals surface area contributed by atoms with Crippen molar-refractivity contribution in [2.75, 3.05) is 4.90 Å². The van der Waals surface area contributed by atoms with E-state index in [1.165, 1.54) is 0 Å². The lowest BCUT2D eigenvalue weighted by molar-refractivity contribution is -0.108. The molecule has 3 rings (SSSR count). The Morgan fingerprint density at radius 2 is 1.87 bits per heavy atom. The van der Waals surface area contributed by atoms with E-state index in [0.717, 1.165) is 12.0 Å². The number of rotatable bonds is 4. The van der Waals surface area contributed by atoms with Crippen molar-refractivity contribution in [2.45, 2.75) is 6.04 Å². The Morgan fingerprint density at radius 1 is 1.13 bits per heavy atom. The van der Waals surface area contributed by atoms with E-state index in [4.69, 9.17) is 0 Å². The number of allylic oxidation sites excluding steroid dienone is 2. The number of ketones is 1.